The van der Waals surface area contributed by atoms with Crippen LogP contribution in [0.4, 0.5) is 0 Å². The highest BCUT2D eigenvalue weighted by molar-refractivity contribution is 14.1. The van der Waals surface area contributed by atoms with E-state index in [1.54, 1.807) is 7.11 Å². The maximum atomic E-state index is 9.91. The Bertz CT molecular complexity index is 229. The summed E-state index contributed by atoms with van der Waals surface area (Å²) in [7, 11) is 1.60. The zero-order valence-corrected chi connectivity index (χ0v) is 12.6. The van der Waals surface area contributed by atoms with Crippen LogP contribution in [0.1, 0.15) is 27.7 Å². The van der Waals surface area contributed by atoms with Crippen LogP contribution in [0.5, 0.6) is 0 Å². The van der Waals surface area contributed by atoms with Gasteiger partial charge in [0.05, 0.1) is 15.6 Å². The molecule has 0 aromatic rings. The Labute approximate surface area is 111 Å². The molecule has 1 aliphatic rings. The Morgan fingerprint density at radius 2 is 1.88 bits per heavy atom. The van der Waals surface area contributed by atoms with E-state index in [0.29, 0.717) is 0 Å². The van der Waals surface area contributed by atoms with Crippen LogP contribution in [0.15, 0.2) is 0 Å². The number of hydrogen-bond donors (Lipinski definition) is 1. The van der Waals surface area contributed by atoms with Crippen LogP contribution >= 0.6 is 22.6 Å². The summed E-state index contributed by atoms with van der Waals surface area (Å²) >= 11 is 2.21. The molecule has 0 spiro atoms. The number of methoxy groups -OCH3 is 1. The molecule has 0 aliphatic carbocycles. The minimum absolute atomic E-state index is 0.0203. The smallest absolute Gasteiger partial charge is 0.173 e. The van der Waals surface area contributed by atoms with E-state index in [1.165, 1.54) is 0 Å². The lowest BCUT2D eigenvalue weighted by Crippen LogP contribution is -2.56. The van der Waals surface area contributed by atoms with Gasteiger partial charge in [0.15, 0.2) is 6.29 Å². The van der Waals surface area contributed by atoms with E-state index in [9.17, 15) is 5.11 Å². The largest absolute Gasteiger partial charge is 0.388 e. The lowest BCUT2D eigenvalue weighted by atomic mass is 10.0. The van der Waals surface area contributed by atoms with Gasteiger partial charge in [0, 0.05) is 7.11 Å². The van der Waals surface area contributed by atoms with Gasteiger partial charge in [-0.2, -0.15) is 0 Å². The second-order valence-corrected chi connectivity index (χ2v) is 6.51. The van der Waals surface area contributed by atoms with Crippen molar-refractivity contribution in [2.24, 2.45) is 0 Å². The Hall–Kier alpha value is 0.570. The molecule has 16 heavy (non-hydrogen) atoms. The van der Waals surface area contributed by atoms with Crippen molar-refractivity contribution in [1.82, 2.24) is 0 Å². The van der Waals surface area contributed by atoms with Gasteiger partial charge in [0.1, 0.15) is 12.2 Å². The average molecular weight is 344 g/mol. The Morgan fingerprint density at radius 3 is 2.31 bits per heavy atom. The summed E-state index contributed by atoms with van der Waals surface area (Å²) in [5.41, 5.74) is -0.269. The van der Waals surface area contributed by atoms with Gasteiger partial charge in [-0.25, -0.2) is 0 Å². The van der Waals surface area contributed by atoms with E-state index in [4.69, 9.17) is 14.2 Å². The van der Waals surface area contributed by atoms with Gasteiger partial charge in [0.25, 0.3) is 0 Å². The van der Waals surface area contributed by atoms with Crippen LogP contribution in [0.3, 0.4) is 0 Å². The second-order valence-electron chi connectivity index (χ2n) is 5.08. The molecule has 0 radical (unpaired) electrons. The Kier molecular flexibility index (Phi) is 5.01. The first-order valence-electron chi connectivity index (χ1n) is 5.44. The summed E-state index contributed by atoms with van der Waals surface area (Å²) < 4.78 is 16.8. The van der Waals surface area contributed by atoms with Gasteiger partial charge >= 0.3 is 0 Å². The Morgan fingerprint density at radius 1 is 1.31 bits per heavy atom. The van der Waals surface area contributed by atoms with Crippen LogP contribution in [0, 0.1) is 0 Å². The van der Waals surface area contributed by atoms with Gasteiger partial charge in [-0.3, -0.25) is 0 Å². The van der Waals surface area contributed by atoms with E-state index >= 15 is 0 Å². The number of aliphatic hydroxyl groups is 1. The molecule has 0 amide bonds. The van der Waals surface area contributed by atoms with Crippen LogP contribution in [-0.2, 0) is 14.2 Å². The van der Waals surface area contributed by atoms with Crippen LogP contribution < -0.4 is 0 Å². The molecular formula is C11H21IO4. The maximum absolute atomic E-state index is 9.91. The molecule has 0 aromatic carbocycles. The molecule has 0 saturated carbocycles. The minimum Gasteiger partial charge on any atom is -0.388 e. The van der Waals surface area contributed by atoms with Gasteiger partial charge in [-0.15, -0.1) is 0 Å². The van der Waals surface area contributed by atoms with E-state index in [-0.39, 0.29) is 28.0 Å². The zero-order chi connectivity index (χ0) is 12.5. The van der Waals surface area contributed by atoms with E-state index in [1.807, 2.05) is 27.7 Å². The molecule has 0 unspecified atom stereocenters. The van der Waals surface area contributed by atoms with Crippen LogP contribution in [0.2, 0.25) is 0 Å². The highest BCUT2D eigenvalue weighted by Gasteiger charge is 2.44. The molecule has 0 bridgehead atoms. The SMILES string of the molecule is CO[C@@H]1[C@@H](O)[C@H](C)O[C@@H](OC(C)(C)C)[C@@H]1I. The summed E-state index contributed by atoms with van der Waals surface area (Å²) in [6.07, 6.45) is -1.48. The summed E-state index contributed by atoms with van der Waals surface area (Å²) in [5, 5.41) is 9.91. The lowest BCUT2D eigenvalue weighted by Gasteiger charge is -2.42. The van der Waals surface area contributed by atoms with Crippen molar-refractivity contribution >= 4 is 22.6 Å². The van der Waals surface area contributed by atoms with Gasteiger partial charge in [-0.05, 0) is 27.7 Å². The normalized spacial score (nSPS) is 41.1. The molecule has 5 atom stereocenters. The summed E-state index contributed by atoms with van der Waals surface area (Å²) in [4.78, 5) is 0. The third-order valence-electron chi connectivity index (χ3n) is 2.48. The Balaban J connectivity index is 2.72. The van der Waals surface area contributed by atoms with Crippen molar-refractivity contribution in [2.45, 2.75) is 61.8 Å². The summed E-state index contributed by atoms with van der Waals surface area (Å²) in [6.45, 7) is 7.78. The fourth-order valence-electron chi connectivity index (χ4n) is 1.69. The number of hydrogen-bond acceptors (Lipinski definition) is 4. The van der Waals surface area contributed by atoms with Crippen molar-refractivity contribution in [3.05, 3.63) is 0 Å². The molecule has 5 heteroatoms. The molecule has 1 rings (SSSR count). The topological polar surface area (TPSA) is 47.9 Å². The van der Waals surface area contributed by atoms with Crippen molar-refractivity contribution in [2.75, 3.05) is 7.11 Å². The molecule has 1 saturated heterocycles. The molecule has 1 heterocycles. The van der Waals surface area contributed by atoms with Gasteiger partial charge in [0.2, 0.25) is 0 Å². The second kappa shape index (κ2) is 5.48. The zero-order valence-electron chi connectivity index (χ0n) is 10.4. The summed E-state index contributed by atoms with van der Waals surface area (Å²) in [5.74, 6) is 0. The standard InChI is InChI=1S/C11H21IO4/c1-6-8(13)9(14-5)7(12)10(15-6)16-11(2,3)4/h6-10,13H,1-5H3/t6-,7+,8-,9-,10-/m0/s1. The number of ether oxygens (including phenoxy) is 3. The lowest BCUT2D eigenvalue weighted by molar-refractivity contribution is -0.268. The number of halogens is 1. The molecular weight excluding hydrogens is 323 g/mol. The molecule has 0 aromatic heterocycles. The fraction of sp³-hybridized carbons (Fsp3) is 1.00. The van der Waals surface area contributed by atoms with Crippen molar-refractivity contribution < 1.29 is 19.3 Å². The quantitative estimate of drug-likeness (QED) is 0.612. The highest BCUT2D eigenvalue weighted by Crippen LogP contribution is 2.31. The first-order chi connectivity index (χ1) is 7.26. The highest BCUT2D eigenvalue weighted by atomic mass is 127. The predicted molar refractivity (Wildman–Crippen MR) is 69.8 cm³/mol. The average Bonchev–Trinajstić information content (AvgIpc) is 2.13. The molecule has 4 nitrogen and oxygen atoms in total. The van der Waals surface area contributed by atoms with E-state index in [2.05, 4.69) is 22.6 Å². The minimum atomic E-state index is -0.605. The number of rotatable bonds is 2. The van der Waals surface area contributed by atoms with Gasteiger partial charge in [-0.1, -0.05) is 22.6 Å². The monoisotopic (exact) mass is 344 g/mol. The number of alkyl halides is 1. The molecule has 96 valence electrons. The molecule has 1 fully saturated rings. The van der Waals surface area contributed by atoms with Crippen molar-refractivity contribution in [3.8, 4) is 0 Å². The van der Waals surface area contributed by atoms with E-state index in [0.717, 1.165) is 0 Å². The van der Waals surface area contributed by atoms with Crippen molar-refractivity contribution in [3.63, 3.8) is 0 Å². The molecule has 1 aliphatic heterocycles. The fourth-order valence-corrected chi connectivity index (χ4v) is 2.72. The van der Waals surface area contributed by atoms with Crippen molar-refractivity contribution in [1.29, 1.82) is 0 Å². The molecule has 1 N–H and O–H groups in total. The first kappa shape index (κ1) is 14.6. The predicted octanol–water partition coefficient (Wildman–Crippen LogP) is 1.73. The van der Waals surface area contributed by atoms with E-state index < -0.39 is 6.10 Å². The third-order valence-corrected chi connectivity index (χ3v) is 3.78. The first-order valence-corrected chi connectivity index (χ1v) is 6.69. The third kappa shape index (κ3) is 3.53. The van der Waals surface area contributed by atoms with Crippen LogP contribution in [0.25, 0.3) is 0 Å². The van der Waals surface area contributed by atoms with Crippen LogP contribution in [-0.4, -0.2) is 46.3 Å². The number of aliphatic hydroxyl groups excluding tert-OH is 1. The summed E-state index contributed by atoms with van der Waals surface area (Å²) in [6, 6.07) is 0. The van der Waals surface area contributed by atoms with Gasteiger partial charge < -0.3 is 19.3 Å². The maximum Gasteiger partial charge on any atom is 0.173 e.